The summed E-state index contributed by atoms with van der Waals surface area (Å²) in [5.41, 5.74) is 1.86. The van der Waals surface area contributed by atoms with E-state index in [1.165, 1.54) is 6.92 Å². The Morgan fingerprint density at radius 3 is 1.64 bits per heavy atom. The Hall–Kier alpha value is -1.18. The summed E-state index contributed by atoms with van der Waals surface area (Å²) >= 11 is 0. The lowest BCUT2D eigenvalue weighted by molar-refractivity contribution is 0.0625. The molecule has 0 saturated carbocycles. The Balaban J connectivity index is -0.000000535. The van der Waals surface area contributed by atoms with Crippen LogP contribution in [0.3, 0.4) is 0 Å². The van der Waals surface area contributed by atoms with E-state index in [2.05, 4.69) is 0 Å². The van der Waals surface area contributed by atoms with E-state index in [9.17, 15) is 8.78 Å². The van der Waals surface area contributed by atoms with Gasteiger partial charge in [-0.2, -0.15) is 0 Å². The zero-order chi connectivity index (χ0) is 18.2. The summed E-state index contributed by atoms with van der Waals surface area (Å²) in [6.45, 7) is 17.3. The lowest BCUT2D eigenvalue weighted by atomic mass is 9.96. The second kappa shape index (κ2) is 16.2. The minimum atomic E-state index is -2.73. The summed E-state index contributed by atoms with van der Waals surface area (Å²) in [7, 11) is 0. The summed E-state index contributed by atoms with van der Waals surface area (Å²) in [6.07, 6.45) is 2.08. The number of benzene rings is 1. The smallest absolute Gasteiger partial charge is 0.201 e. The zero-order valence-electron chi connectivity index (χ0n) is 16.1. The van der Waals surface area contributed by atoms with Gasteiger partial charge in [0, 0.05) is 12.0 Å². The molecule has 0 radical (unpaired) electrons. The molecule has 0 saturated heterocycles. The van der Waals surface area contributed by atoms with E-state index >= 15 is 0 Å². The second-order valence-corrected chi connectivity index (χ2v) is 3.95. The largest absolute Gasteiger partial charge is 0.273 e. The minimum Gasteiger partial charge on any atom is -0.201 e. The van der Waals surface area contributed by atoms with Crippen molar-refractivity contribution in [3.63, 3.8) is 0 Å². The molecule has 0 aliphatic heterocycles. The molecule has 1 aromatic rings. The quantitative estimate of drug-likeness (QED) is 0.529. The Labute approximate surface area is 137 Å². The predicted molar refractivity (Wildman–Crippen MR) is 98.7 cm³/mol. The van der Waals surface area contributed by atoms with E-state index in [-0.39, 0.29) is 12.0 Å². The van der Waals surface area contributed by atoms with Gasteiger partial charge in [-0.25, -0.2) is 8.78 Å². The summed E-state index contributed by atoms with van der Waals surface area (Å²) in [5.74, 6) is -2.73. The topological polar surface area (TPSA) is 0 Å². The first-order valence-electron chi connectivity index (χ1n) is 8.66. The third kappa shape index (κ3) is 9.70. The standard InChI is InChI=1S/C14H18F2.3C2H6/c1-4-6-13(14(15,16)5-2)12-9-7-11(3)8-10-12;3*1-2/h6-10H,4-5H2,1-3H3;3*1-2H3/b13-6-;;;. The van der Waals surface area contributed by atoms with Gasteiger partial charge in [-0.05, 0) is 18.9 Å². The Morgan fingerprint density at radius 2 is 1.32 bits per heavy atom. The first kappa shape index (κ1) is 25.8. The van der Waals surface area contributed by atoms with E-state index < -0.39 is 5.92 Å². The summed E-state index contributed by atoms with van der Waals surface area (Å²) in [6, 6.07) is 7.26. The van der Waals surface area contributed by atoms with Crippen LogP contribution in [0.5, 0.6) is 0 Å². The van der Waals surface area contributed by atoms with Crippen LogP contribution in [0.4, 0.5) is 8.78 Å². The van der Waals surface area contributed by atoms with Crippen LogP contribution in [0.15, 0.2) is 30.3 Å². The number of alkyl halides is 2. The Morgan fingerprint density at radius 1 is 0.909 bits per heavy atom. The van der Waals surface area contributed by atoms with Gasteiger partial charge in [0.1, 0.15) is 0 Å². The fourth-order valence-electron chi connectivity index (χ4n) is 1.61. The fourth-order valence-corrected chi connectivity index (χ4v) is 1.61. The molecule has 0 spiro atoms. The molecular formula is C20H36F2. The molecule has 0 amide bonds. The SMILES string of the molecule is CC.CC.CC.CC/C=C(/c1ccc(C)cc1)C(F)(F)CC. The Kier molecular flexibility index (Phi) is 19.0. The van der Waals surface area contributed by atoms with Crippen molar-refractivity contribution >= 4 is 5.57 Å². The van der Waals surface area contributed by atoms with Gasteiger partial charge >= 0.3 is 0 Å². The molecule has 2 heteroatoms. The summed E-state index contributed by atoms with van der Waals surface area (Å²) in [4.78, 5) is 0. The van der Waals surface area contributed by atoms with Crippen LogP contribution in [-0.2, 0) is 0 Å². The van der Waals surface area contributed by atoms with Gasteiger partial charge in [0.05, 0.1) is 0 Å². The van der Waals surface area contributed by atoms with Crippen LogP contribution >= 0.6 is 0 Å². The molecule has 0 nitrogen and oxygen atoms in total. The van der Waals surface area contributed by atoms with Gasteiger partial charge < -0.3 is 0 Å². The zero-order valence-corrected chi connectivity index (χ0v) is 16.1. The first-order chi connectivity index (χ1) is 10.5. The van der Waals surface area contributed by atoms with Crippen molar-refractivity contribution < 1.29 is 8.78 Å². The van der Waals surface area contributed by atoms with Crippen LogP contribution in [0, 0.1) is 6.92 Å². The van der Waals surface area contributed by atoms with Crippen LogP contribution < -0.4 is 0 Å². The van der Waals surface area contributed by atoms with Gasteiger partial charge in [-0.3, -0.25) is 0 Å². The van der Waals surface area contributed by atoms with Crippen molar-refractivity contribution in [1.82, 2.24) is 0 Å². The monoisotopic (exact) mass is 314 g/mol. The molecule has 0 atom stereocenters. The highest BCUT2D eigenvalue weighted by Crippen LogP contribution is 2.35. The molecule has 0 N–H and O–H groups in total. The molecule has 0 aromatic heterocycles. The van der Waals surface area contributed by atoms with Gasteiger partial charge in [-0.15, -0.1) is 0 Å². The second-order valence-electron chi connectivity index (χ2n) is 3.95. The third-order valence-corrected chi connectivity index (χ3v) is 2.61. The number of rotatable bonds is 4. The molecule has 22 heavy (non-hydrogen) atoms. The Bertz CT molecular complexity index is 362. The normalized spacial score (nSPS) is 10.2. The minimum absolute atomic E-state index is 0.150. The number of aryl methyl sites for hydroxylation is 1. The predicted octanol–water partition coefficient (Wildman–Crippen LogP) is 7.91. The van der Waals surface area contributed by atoms with Gasteiger partial charge in [0.25, 0.3) is 5.92 Å². The van der Waals surface area contributed by atoms with Gasteiger partial charge in [-0.1, -0.05) is 91.3 Å². The maximum Gasteiger partial charge on any atom is 0.273 e. The van der Waals surface area contributed by atoms with E-state index in [0.29, 0.717) is 12.0 Å². The summed E-state index contributed by atoms with van der Waals surface area (Å²) in [5, 5.41) is 0. The van der Waals surface area contributed by atoms with Crippen LogP contribution in [0.25, 0.3) is 5.57 Å². The highest BCUT2D eigenvalue weighted by Gasteiger charge is 2.32. The lowest BCUT2D eigenvalue weighted by Crippen LogP contribution is -2.16. The molecule has 0 aliphatic rings. The van der Waals surface area contributed by atoms with E-state index in [1.54, 1.807) is 18.2 Å². The number of halogens is 2. The van der Waals surface area contributed by atoms with Crippen molar-refractivity contribution in [3.8, 4) is 0 Å². The maximum atomic E-state index is 13.7. The fraction of sp³-hybridized carbons (Fsp3) is 0.600. The third-order valence-electron chi connectivity index (χ3n) is 2.61. The maximum absolute atomic E-state index is 13.7. The highest BCUT2D eigenvalue weighted by atomic mass is 19.3. The van der Waals surface area contributed by atoms with E-state index in [1.807, 2.05) is 67.5 Å². The molecule has 130 valence electrons. The molecule has 1 aromatic carbocycles. The molecule has 0 bridgehead atoms. The summed E-state index contributed by atoms with van der Waals surface area (Å²) < 4.78 is 27.4. The van der Waals surface area contributed by atoms with Crippen LogP contribution in [0.2, 0.25) is 0 Å². The van der Waals surface area contributed by atoms with Crippen molar-refractivity contribution in [2.45, 2.75) is 81.1 Å². The van der Waals surface area contributed by atoms with Crippen molar-refractivity contribution in [1.29, 1.82) is 0 Å². The van der Waals surface area contributed by atoms with Gasteiger partial charge in [0.2, 0.25) is 0 Å². The molecule has 0 fully saturated rings. The van der Waals surface area contributed by atoms with Crippen LogP contribution in [-0.4, -0.2) is 5.92 Å². The number of hydrogen-bond donors (Lipinski definition) is 0. The first-order valence-corrected chi connectivity index (χ1v) is 8.66. The van der Waals surface area contributed by atoms with Gasteiger partial charge in [0.15, 0.2) is 0 Å². The molecular weight excluding hydrogens is 278 g/mol. The average Bonchev–Trinajstić information content (AvgIpc) is 2.59. The average molecular weight is 315 g/mol. The molecule has 0 heterocycles. The van der Waals surface area contributed by atoms with E-state index in [4.69, 9.17) is 0 Å². The lowest BCUT2D eigenvalue weighted by Gasteiger charge is -2.19. The van der Waals surface area contributed by atoms with E-state index in [0.717, 1.165) is 5.56 Å². The van der Waals surface area contributed by atoms with Crippen molar-refractivity contribution in [2.24, 2.45) is 0 Å². The van der Waals surface area contributed by atoms with Crippen LogP contribution in [0.1, 0.15) is 79.4 Å². The van der Waals surface area contributed by atoms with Crippen molar-refractivity contribution in [2.75, 3.05) is 0 Å². The molecule has 1 rings (SSSR count). The molecule has 0 unspecified atom stereocenters. The number of hydrogen-bond acceptors (Lipinski definition) is 0. The van der Waals surface area contributed by atoms with Crippen molar-refractivity contribution in [3.05, 3.63) is 41.5 Å². The number of allylic oxidation sites excluding steroid dienone is 2. The highest BCUT2D eigenvalue weighted by molar-refractivity contribution is 5.70. The molecule has 0 aliphatic carbocycles.